The summed E-state index contributed by atoms with van der Waals surface area (Å²) in [5.41, 5.74) is 0.865. The maximum atomic E-state index is 12.0. The van der Waals surface area contributed by atoms with Crippen molar-refractivity contribution in [1.82, 2.24) is 5.32 Å². The molecular formula is C15H21NO4S. The van der Waals surface area contributed by atoms with E-state index in [1.807, 2.05) is 0 Å². The lowest BCUT2D eigenvalue weighted by Crippen LogP contribution is -2.33. The van der Waals surface area contributed by atoms with Crippen LogP contribution in [-0.2, 0) is 25.9 Å². The molecule has 2 rings (SSSR count). The highest BCUT2D eigenvalue weighted by atomic mass is 32.2. The van der Waals surface area contributed by atoms with Crippen molar-refractivity contribution in [3.05, 3.63) is 29.8 Å². The highest BCUT2D eigenvalue weighted by molar-refractivity contribution is 7.92. The average Bonchev–Trinajstić information content (AvgIpc) is 2.99. The molecule has 116 valence electrons. The molecule has 1 aliphatic heterocycles. The van der Waals surface area contributed by atoms with E-state index in [1.54, 1.807) is 38.1 Å². The molecule has 1 unspecified atom stereocenters. The molecule has 0 aromatic heterocycles. The van der Waals surface area contributed by atoms with Gasteiger partial charge in [-0.1, -0.05) is 12.1 Å². The van der Waals surface area contributed by atoms with Gasteiger partial charge in [-0.25, -0.2) is 8.42 Å². The smallest absolute Gasteiger partial charge is 0.249 e. The SMILES string of the molecule is CC(C)S(=O)(=O)c1ccc(CNC(=O)C2CCCO2)cc1. The van der Waals surface area contributed by atoms with Gasteiger partial charge in [-0.15, -0.1) is 0 Å². The number of rotatable bonds is 5. The third-order valence-corrected chi connectivity index (χ3v) is 5.73. The quantitative estimate of drug-likeness (QED) is 0.897. The summed E-state index contributed by atoms with van der Waals surface area (Å²) in [5, 5.41) is 2.37. The molecule has 0 spiro atoms. The van der Waals surface area contributed by atoms with Crippen LogP contribution in [0.15, 0.2) is 29.2 Å². The van der Waals surface area contributed by atoms with E-state index in [9.17, 15) is 13.2 Å². The van der Waals surface area contributed by atoms with Crippen LogP contribution >= 0.6 is 0 Å². The molecule has 1 atom stereocenters. The second kappa shape index (κ2) is 6.58. The van der Waals surface area contributed by atoms with Gasteiger partial charge in [0.1, 0.15) is 6.10 Å². The van der Waals surface area contributed by atoms with Gasteiger partial charge in [-0.05, 0) is 44.4 Å². The molecule has 1 amide bonds. The van der Waals surface area contributed by atoms with Crippen molar-refractivity contribution >= 4 is 15.7 Å². The van der Waals surface area contributed by atoms with Gasteiger partial charge in [-0.2, -0.15) is 0 Å². The molecule has 1 heterocycles. The Morgan fingerprint density at radius 1 is 1.33 bits per heavy atom. The van der Waals surface area contributed by atoms with E-state index in [0.29, 0.717) is 18.0 Å². The molecule has 21 heavy (non-hydrogen) atoms. The van der Waals surface area contributed by atoms with Gasteiger partial charge in [-0.3, -0.25) is 4.79 Å². The Balaban J connectivity index is 1.95. The molecule has 0 bridgehead atoms. The molecule has 0 radical (unpaired) electrons. The van der Waals surface area contributed by atoms with E-state index in [1.165, 1.54) is 0 Å². The predicted molar refractivity (Wildman–Crippen MR) is 79.6 cm³/mol. The molecule has 1 aliphatic rings. The van der Waals surface area contributed by atoms with Gasteiger partial charge in [0, 0.05) is 13.2 Å². The summed E-state index contributed by atoms with van der Waals surface area (Å²) in [6.07, 6.45) is 1.34. The number of nitrogens with one attached hydrogen (secondary N) is 1. The first-order valence-electron chi connectivity index (χ1n) is 7.13. The highest BCUT2D eigenvalue weighted by Crippen LogP contribution is 2.17. The lowest BCUT2D eigenvalue weighted by molar-refractivity contribution is -0.130. The topological polar surface area (TPSA) is 72.5 Å². The fraction of sp³-hybridized carbons (Fsp3) is 0.533. The Kier molecular flexibility index (Phi) is 5.00. The van der Waals surface area contributed by atoms with Crippen molar-refractivity contribution in [2.45, 2.75) is 49.5 Å². The Labute approximate surface area is 125 Å². The number of benzene rings is 1. The average molecular weight is 311 g/mol. The molecule has 5 nitrogen and oxygen atoms in total. The van der Waals surface area contributed by atoms with Crippen molar-refractivity contribution in [1.29, 1.82) is 0 Å². The number of carbonyl (C=O) groups is 1. The fourth-order valence-corrected chi connectivity index (χ4v) is 3.22. The van der Waals surface area contributed by atoms with E-state index in [2.05, 4.69) is 5.32 Å². The Hall–Kier alpha value is -1.40. The van der Waals surface area contributed by atoms with Crippen LogP contribution in [0.4, 0.5) is 0 Å². The van der Waals surface area contributed by atoms with Crippen LogP contribution < -0.4 is 5.32 Å². The minimum atomic E-state index is -3.25. The zero-order chi connectivity index (χ0) is 15.5. The molecule has 1 aromatic carbocycles. The van der Waals surface area contributed by atoms with Gasteiger partial charge < -0.3 is 10.1 Å². The molecule has 6 heteroatoms. The Morgan fingerprint density at radius 3 is 2.52 bits per heavy atom. The lowest BCUT2D eigenvalue weighted by atomic mass is 10.2. The Morgan fingerprint density at radius 2 is 2.00 bits per heavy atom. The second-order valence-corrected chi connectivity index (χ2v) is 7.96. The molecule has 0 saturated carbocycles. The summed E-state index contributed by atoms with van der Waals surface area (Å²) in [5.74, 6) is -0.105. The molecule has 1 aromatic rings. The van der Waals surface area contributed by atoms with Gasteiger partial charge in [0.25, 0.3) is 0 Å². The number of carbonyl (C=O) groups excluding carboxylic acids is 1. The van der Waals surface area contributed by atoms with E-state index >= 15 is 0 Å². The van der Waals surface area contributed by atoms with Crippen molar-refractivity contribution < 1.29 is 17.9 Å². The van der Waals surface area contributed by atoms with Crippen LogP contribution in [0.3, 0.4) is 0 Å². The zero-order valence-corrected chi connectivity index (χ0v) is 13.2. The van der Waals surface area contributed by atoms with Crippen molar-refractivity contribution in [2.75, 3.05) is 6.61 Å². The van der Waals surface area contributed by atoms with Crippen LogP contribution in [0.1, 0.15) is 32.3 Å². The second-order valence-electron chi connectivity index (χ2n) is 5.46. The monoisotopic (exact) mass is 311 g/mol. The normalized spacial score (nSPS) is 18.9. The summed E-state index contributed by atoms with van der Waals surface area (Å²) in [6, 6.07) is 6.63. The molecule has 1 saturated heterocycles. The van der Waals surface area contributed by atoms with E-state index in [0.717, 1.165) is 18.4 Å². The van der Waals surface area contributed by atoms with Gasteiger partial charge in [0.05, 0.1) is 10.1 Å². The number of amides is 1. The number of ether oxygens (including phenoxy) is 1. The van der Waals surface area contributed by atoms with Crippen LogP contribution in [-0.4, -0.2) is 32.3 Å². The highest BCUT2D eigenvalue weighted by Gasteiger charge is 2.23. The summed E-state index contributed by atoms with van der Waals surface area (Å²) >= 11 is 0. The first kappa shape index (κ1) is 16.0. The summed E-state index contributed by atoms with van der Waals surface area (Å²) in [6.45, 7) is 4.33. The van der Waals surface area contributed by atoms with Gasteiger partial charge in [0.2, 0.25) is 5.91 Å². The van der Waals surface area contributed by atoms with E-state index < -0.39 is 15.1 Å². The Bertz CT molecular complexity index is 587. The van der Waals surface area contributed by atoms with Crippen molar-refractivity contribution in [2.24, 2.45) is 0 Å². The maximum Gasteiger partial charge on any atom is 0.249 e. The van der Waals surface area contributed by atoms with Gasteiger partial charge in [0.15, 0.2) is 9.84 Å². The van der Waals surface area contributed by atoms with Crippen LogP contribution in [0, 0.1) is 0 Å². The number of hydrogen-bond donors (Lipinski definition) is 1. The zero-order valence-electron chi connectivity index (χ0n) is 12.3. The van der Waals surface area contributed by atoms with Crippen LogP contribution in [0.25, 0.3) is 0 Å². The maximum absolute atomic E-state index is 12.0. The van der Waals surface area contributed by atoms with Crippen molar-refractivity contribution in [3.8, 4) is 0 Å². The molecule has 1 N–H and O–H groups in total. The summed E-state index contributed by atoms with van der Waals surface area (Å²) < 4.78 is 29.3. The summed E-state index contributed by atoms with van der Waals surface area (Å²) in [4.78, 5) is 12.1. The molecular weight excluding hydrogens is 290 g/mol. The largest absolute Gasteiger partial charge is 0.368 e. The first-order chi connectivity index (χ1) is 9.91. The third-order valence-electron chi connectivity index (χ3n) is 3.56. The van der Waals surface area contributed by atoms with Crippen molar-refractivity contribution in [3.63, 3.8) is 0 Å². The predicted octanol–water partition coefficient (Wildman–Crippen LogP) is 1.66. The van der Waals surface area contributed by atoms with Crippen LogP contribution in [0.2, 0.25) is 0 Å². The first-order valence-corrected chi connectivity index (χ1v) is 8.68. The van der Waals surface area contributed by atoms with E-state index in [-0.39, 0.29) is 12.0 Å². The summed E-state index contributed by atoms with van der Waals surface area (Å²) in [7, 11) is -3.25. The van der Waals surface area contributed by atoms with Gasteiger partial charge >= 0.3 is 0 Å². The fourth-order valence-electron chi connectivity index (χ4n) is 2.16. The molecule has 1 fully saturated rings. The minimum Gasteiger partial charge on any atom is -0.368 e. The standard InChI is InChI=1S/C15H21NO4S/c1-11(2)21(18,19)13-7-5-12(6-8-13)10-16-15(17)14-4-3-9-20-14/h5-8,11,14H,3-4,9-10H2,1-2H3,(H,16,17). The molecule has 0 aliphatic carbocycles. The third kappa shape index (κ3) is 3.83. The minimum absolute atomic E-state index is 0.105. The van der Waals surface area contributed by atoms with E-state index in [4.69, 9.17) is 4.74 Å². The lowest BCUT2D eigenvalue weighted by Gasteiger charge is -2.11. The van der Waals surface area contributed by atoms with Crippen LogP contribution in [0.5, 0.6) is 0 Å². The number of sulfone groups is 1. The number of hydrogen-bond acceptors (Lipinski definition) is 4.